The maximum atomic E-state index is 12.6. The molecule has 1 atom stereocenters. The van der Waals surface area contributed by atoms with Gasteiger partial charge in [-0.15, -0.1) is 0 Å². The Bertz CT molecular complexity index is 357. The van der Waals surface area contributed by atoms with Gasteiger partial charge in [-0.2, -0.15) is 18.3 Å². The van der Waals surface area contributed by atoms with Gasteiger partial charge in [0.05, 0.1) is 18.2 Å². The van der Waals surface area contributed by atoms with Crippen LogP contribution in [-0.2, 0) is 19.4 Å². The lowest BCUT2D eigenvalue weighted by molar-refractivity contribution is -0.175. The highest BCUT2D eigenvalue weighted by molar-refractivity contribution is 5.10. The van der Waals surface area contributed by atoms with E-state index in [0.29, 0.717) is 6.42 Å². The van der Waals surface area contributed by atoms with Gasteiger partial charge in [0.25, 0.3) is 0 Å². The third kappa shape index (κ3) is 3.46. The van der Waals surface area contributed by atoms with Crippen LogP contribution in [0.15, 0.2) is 6.07 Å². The molecule has 0 aliphatic rings. The summed E-state index contributed by atoms with van der Waals surface area (Å²) >= 11 is 0. The Morgan fingerprint density at radius 2 is 2.00 bits per heavy atom. The molecule has 1 aromatic heterocycles. The second kappa shape index (κ2) is 5.53. The molecule has 0 amide bonds. The van der Waals surface area contributed by atoms with Crippen molar-refractivity contribution in [1.29, 1.82) is 0 Å². The quantitative estimate of drug-likeness (QED) is 0.869. The van der Waals surface area contributed by atoms with Gasteiger partial charge in [-0.05, 0) is 18.9 Å². The summed E-state index contributed by atoms with van der Waals surface area (Å²) in [7, 11) is 0. The van der Waals surface area contributed by atoms with E-state index >= 15 is 0 Å². The molecule has 6 heteroatoms. The Morgan fingerprint density at radius 3 is 2.41 bits per heavy atom. The van der Waals surface area contributed by atoms with E-state index in [2.05, 4.69) is 5.10 Å². The molecular weight excluding hydrogens is 231 g/mol. The van der Waals surface area contributed by atoms with Crippen LogP contribution in [0.3, 0.4) is 0 Å². The predicted molar refractivity (Wildman–Crippen MR) is 59.6 cm³/mol. The highest BCUT2D eigenvalue weighted by Gasteiger charge is 2.39. The second-order valence-corrected chi connectivity index (χ2v) is 3.99. The molecular formula is C11H18F3N3. The normalized spacial score (nSPS) is 14.0. The van der Waals surface area contributed by atoms with Crippen molar-refractivity contribution < 1.29 is 13.2 Å². The molecule has 0 radical (unpaired) electrons. The van der Waals surface area contributed by atoms with E-state index in [-0.39, 0.29) is 6.54 Å². The first kappa shape index (κ1) is 14.0. The summed E-state index contributed by atoms with van der Waals surface area (Å²) in [6, 6.07) is 1.85. The molecule has 1 unspecified atom stereocenters. The Balaban J connectivity index is 2.89. The smallest absolute Gasteiger partial charge is 0.330 e. The van der Waals surface area contributed by atoms with E-state index in [1.54, 1.807) is 0 Å². The lowest BCUT2D eigenvalue weighted by Gasteiger charge is -2.19. The average Bonchev–Trinajstić information content (AvgIpc) is 2.66. The van der Waals surface area contributed by atoms with E-state index in [4.69, 9.17) is 5.73 Å². The summed E-state index contributed by atoms with van der Waals surface area (Å²) in [5, 5.41) is 4.16. The van der Waals surface area contributed by atoms with Crippen LogP contribution in [0.2, 0.25) is 0 Å². The molecule has 0 saturated heterocycles. The lowest BCUT2D eigenvalue weighted by atomic mass is 10.1. The molecule has 0 saturated carbocycles. The molecule has 1 aromatic rings. The number of aromatic nitrogens is 2. The number of alkyl halides is 3. The van der Waals surface area contributed by atoms with Gasteiger partial charge in [-0.25, -0.2) is 0 Å². The van der Waals surface area contributed by atoms with Crippen molar-refractivity contribution in [3.8, 4) is 0 Å². The third-order valence-corrected chi connectivity index (χ3v) is 2.78. The maximum Gasteiger partial charge on any atom is 0.394 e. The highest BCUT2D eigenvalue weighted by Crippen LogP contribution is 2.27. The highest BCUT2D eigenvalue weighted by atomic mass is 19.4. The Kier molecular flexibility index (Phi) is 4.56. The minimum atomic E-state index is -4.27. The maximum absolute atomic E-state index is 12.6. The topological polar surface area (TPSA) is 43.8 Å². The number of aryl methyl sites for hydroxylation is 2. The monoisotopic (exact) mass is 249 g/mol. The van der Waals surface area contributed by atoms with E-state index < -0.39 is 18.6 Å². The standard InChI is InChI=1S/C11H18F3N3/c1-3-9-5-10(4-2)17(16-9)7-8(6-15)11(12,13)14/h5,8H,3-4,6-7,15H2,1-2H3. The Hall–Kier alpha value is -1.04. The molecule has 98 valence electrons. The summed E-state index contributed by atoms with van der Waals surface area (Å²) in [5.41, 5.74) is 6.82. The zero-order chi connectivity index (χ0) is 13.1. The number of halogens is 3. The molecule has 0 aliphatic carbocycles. The van der Waals surface area contributed by atoms with Crippen molar-refractivity contribution in [2.24, 2.45) is 11.7 Å². The van der Waals surface area contributed by atoms with Crippen LogP contribution in [0, 0.1) is 5.92 Å². The van der Waals surface area contributed by atoms with Gasteiger partial charge in [-0.3, -0.25) is 4.68 Å². The summed E-state index contributed by atoms with van der Waals surface area (Å²) < 4.78 is 39.3. The van der Waals surface area contributed by atoms with Crippen molar-refractivity contribution in [3.05, 3.63) is 17.5 Å². The molecule has 1 heterocycles. The van der Waals surface area contributed by atoms with Crippen molar-refractivity contribution in [1.82, 2.24) is 9.78 Å². The van der Waals surface area contributed by atoms with Gasteiger partial charge in [-0.1, -0.05) is 13.8 Å². The number of hydrogen-bond donors (Lipinski definition) is 1. The average molecular weight is 249 g/mol. The van der Waals surface area contributed by atoms with E-state index in [0.717, 1.165) is 17.8 Å². The van der Waals surface area contributed by atoms with Crippen LogP contribution in [-0.4, -0.2) is 22.5 Å². The zero-order valence-electron chi connectivity index (χ0n) is 10.1. The Morgan fingerprint density at radius 1 is 1.35 bits per heavy atom. The van der Waals surface area contributed by atoms with Gasteiger partial charge in [0.2, 0.25) is 0 Å². The van der Waals surface area contributed by atoms with Gasteiger partial charge < -0.3 is 5.73 Å². The van der Waals surface area contributed by atoms with Crippen LogP contribution in [0.25, 0.3) is 0 Å². The van der Waals surface area contributed by atoms with E-state index in [1.807, 2.05) is 19.9 Å². The summed E-state index contributed by atoms with van der Waals surface area (Å²) in [6.45, 7) is 3.23. The van der Waals surface area contributed by atoms with Crippen LogP contribution in [0.1, 0.15) is 25.2 Å². The molecule has 0 aliphatic heterocycles. The summed E-state index contributed by atoms with van der Waals surface area (Å²) in [4.78, 5) is 0. The SMILES string of the molecule is CCc1cc(CC)n(CC(CN)C(F)(F)F)n1. The van der Waals surface area contributed by atoms with Gasteiger partial charge in [0.1, 0.15) is 0 Å². The predicted octanol–water partition coefficient (Wildman–Crippen LogP) is 2.15. The minimum absolute atomic E-state index is 0.191. The molecule has 0 fully saturated rings. The van der Waals surface area contributed by atoms with E-state index in [9.17, 15) is 13.2 Å². The van der Waals surface area contributed by atoms with Gasteiger partial charge >= 0.3 is 6.18 Å². The van der Waals surface area contributed by atoms with Crippen LogP contribution in [0.4, 0.5) is 13.2 Å². The fraction of sp³-hybridized carbons (Fsp3) is 0.727. The minimum Gasteiger partial charge on any atom is -0.330 e. The molecule has 0 spiro atoms. The fourth-order valence-electron chi connectivity index (χ4n) is 1.65. The summed E-state index contributed by atoms with van der Waals surface area (Å²) in [5.74, 6) is -1.53. The zero-order valence-corrected chi connectivity index (χ0v) is 10.1. The van der Waals surface area contributed by atoms with Crippen LogP contribution in [0.5, 0.6) is 0 Å². The molecule has 1 rings (SSSR count). The second-order valence-electron chi connectivity index (χ2n) is 3.99. The van der Waals surface area contributed by atoms with Crippen LogP contribution >= 0.6 is 0 Å². The Labute approximate surface area is 98.8 Å². The number of nitrogens with zero attached hydrogens (tertiary/aromatic N) is 2. The molecule has 0 bridgehead atoms. The molecule has 2 N–H and O–H groups in total. The number of rotatable bonds is 5. The van der Waals surface area contributed by atoms with Crippen molar-refractivity contribution in [3.63, 3.8) is 0 Å². The fourth-order valence-corrected chi connectivity index (χ4v) is 1.65. The summed E-state index contributed by atoms with van der Waals surface area (Å²) in [6.07, 6.45) is -2.88. The number of hydrogen-bond acceptors (Lipinski definition) is 2. The molecule has 0 aromatic carbocycles. The van der Waals surface area contributed by atoms with Crippen LogP contribution < -0.4 is 5.73 Å². The number of nitrogens with two attached hydrogens (primary N) is 1. The van der Waals surface area contributed by atoms with Crippen molar-refractivity contribution >= 4 is 0 Å². The first-order valence-electron chi connectivity index (χ1n) is 5.74. The largest absolute Gasteiger partial charge is 0.394 e. The first-order valence-corrected chi connectivity index (χ1v) is 5.74. The van der Waals surface area contributed by atoms with Crippen molar-refractivity contribution in [2.75, 3.05) is 6.54 Å². The van der Waals surface area contributed by atoms with Gasteiger partial charge in [0, 0.05) is 12.2 Å². The van der Waals surface area contributed by atoms with E-state index in [1.165, 1.54) is 4.68 Å². The lowest BCUT2D eigenvalue weighted by Crippen LogP contribution is -2.34. The molecule has 3 nitrogen and oxygen atoms in total. The first-order chi connectivity index (χ1) is 7.92. The van der Waals surface area contributed by atoms with Crippen molar-refractivity contribution in [2.45, 2.75) is 39.4 Å². The van der Waals surface area contributed by atoms with Gasteiger partial charge in [0.15, 0.2) is 0 Å². The molecule has 17 heavy (non-hydrogen) atoms. The third-order valence-electron chi connectivity index (χ3n) is 2.78.